The van der Waals surface area contributed by atoms with Crippen molar-refractivity contribution in [3.05, 3.63) is 12.2 Å². The summed E-state index contributed by atoms with van der Waals surface area (Å²) in [7, 11) is 0. The van der Waals surface area contributed by atoms with Crippen LogP contribution >= 0.6 is 0 Å². The highest BCUT2D eigenvalue weighted by Crippen LogP contribution is 2.30. The third-order valence-electron chi connectivity index (χ3n) is 3.10. The molecule has 1 fully saturated rings. The maximum Gasteiger partial charge on any atom is 0.305 e. The summed E-state index contributed by atoms with van der Waals surface area (Å²) in [6, 6.07) is 0. The molecule has 1 heterocycles. The zero-order valence-corrected chi connectivity index (χ0v) is 14.7. The smallest absolute Gasteiger partial charge is 0.305 e. The van der Waals surface area contributed by atoms with Crippen molar-refractivity contribution in [1.82, 2.24) is 0 Å². The fourth-order valence-corrected chi connectivity index (χ4v) is 2.41. The van der Waals surface area contributed by atoms with Crippen molar-refractivity contribution in [2.24, 2.45) is 0 Å². The molecule has 0 aromatic heterocycles. The van der Waals surface area contributed by atoms with E-state index in [1.807, 2.05) is 0 Å². The van der Waals surface area contributed by atoms with Gasteiger partial charge in [-0.2, -0.15) is 0 Å². The van der Waals surface area contributed by atoms with E-state index in [9.17, 15) is 19.2 Å². The Hall–Kier alpha value is -2.42. The zero-order chi connectivity index (χ0) is 19.1. The standard InChI is InChI=1S/C16H22O9/c1-6-7-12-13(21-8(2)17)14(22-9(3)18)15(23-10(4)19)16(25-12)24-11(5)20/h6-7,12-16H,1-5H3/b7-6-/t12-,13+,14+,15+,16?/m0/s1. The molecule has 1 aliphatic heterocycles. The van der Waals surface area contributed by atoms with E-state index in [0.29, 0.717) is 0 Å². The van der Waals surface area contributed by atoms with Crippen molar-refractivity contribution < 1.29 is 42.9 Å². The summed E-state index contributed by atoms with van der Waals surface area (Å²) in [5.41, 5.74) is 0. The molecule has 0 amide bonds. The lowest BCUT2D eigenvalue weighted by molar-refractivity contribution is -0.287. The molecule has 1 aliphatic rings. The lowest BCUT2D eigenvalue weighted by Crippen LogP contribution is -2.61. The van der Waals surface area contributed by atoms with Crippen molar-refractivity contribution in [3.63, 3.8) is 0 Å². The number of esters is 4. The number of allylic oxidation sites excluding steroid dienone is 1. The highest BCUT2D eigenvalue weighted by molar-refractivity contribution is 5.69. The molecule has 0 radical (unpaired) electrons. The van der Waals surface area contributed by atoms with Gasteiger partial charge in [0.05, 0.1) is 0 Å². The Morgan fingerprint density at radius 1 is 0.720 bits per heavy atom. The van der Waals surface area contributed by atoms with Crippen LogP contribution in [0.15, 0.2) is 12.2 Å². The van der Waals surface area contributed by atoms with Crippen molar-refractivity contribution in [2.75, 3.05) is 0 Å². The molecular formula is C16H22O9. The lowest BCUT2D eigenvalue weighted by Gasteiger charge is -2.43. The zero-order valence-electron chi connectivity index (χ0n) is 14.7. The van der Waals surface area contributed by atoms with Crippen molar-refractivity contribution in [3.8, 4) is 0 Å². The van der Waals surface area contributed by atoms with Crippen molar-refractivity contribution >= 4 is 23.9 Å². The molecule has 1 saturated heterocycles. The van der Waals surface area contributed by atoms with Gasteiger partial charge in [0.15, 0.2) is 12.2 Å². The first-order chi connectivity index (χ1) is 11.6. The summed E-state index contributed by atoms with van der Waals surface area (Å²) >= 11 is 0. The minimum absolute atomic E-state index is 0.646. The molecule has 0 spiro atoms. The Labute approximate surface area is 145 Å². The molecule has 0 N–H and O–H groups in total. The maximum atomic E-state index is 11.5. The van der Waals surface area contributed by atoms with E-state index >= 15 is 0 Å². The maximum absolute atomic E-state index is 11.5. The first-order valence-electron chi connectivity index (χ1n) is 7.62. The van der Waals surface area contributed by atoms with E-state index in [1.54, 1.807) is 19.1 Å². The van der Waals surface area contributed by atoms with Gasteiger partial charge in [-0.25, -0.2) is 0 Å². The Morgan fingerprint density at radius 2 is 1.16 bits per heavy atom. The van der Waals surface area contributed by atoms with Crippen LogP contribution in [0.3, 0.4) is 0 Å². The molecule has 0 aromatic rings. The van der Waals surface area contributed by atoms with Crippen LogP contribution in [0, 0.1) is 0 Å². The van der Waals surface area contributed by atoms with Gasteiger partial charge in [-0.05, 0) is 6.92 Å². The molecule has 9 nitrogen and oxygen atoms in total. The average Bonchev–Trinajstić information content (AvgIpc) is 2.45. The summed E-state index contributed by atoms with van der Waals surface area (Å²) in [5.74, 6) is -2.74. The summed E-state index contributed by atoms with van der Waals surface area (Å²) < 4.78 is 26.2. The molecule has 0 bridgehead atoms. The third kappa shape index (κ3) is 6.18. The quantitative estimate of drug-likeness (QED) is 0.397. The summed E-state index contributed by atoms with van der Waals surface area (Å²) in [5, 5.41) is 0. The van der Waals surface area contributed by atoms with E-state index in [4.69, 9.17) is 23.7 Å². The van der Waals surface area contributed by atoms with Gasteiger partial charge < -0.3 is 23.7 Å². The second-order valence-electron chi connectivity index (χ2n) is 5.33. The van der Waals surface area contributed by atoms with Crippen LogP contribution in [-0.2, 0) is 42.9 Å². The molecule has 0 aromatic carbocycles. The van der Waals surface area contributed by atoms with Crippen molar-refractivity contribution in [2.45, 2.75) is 65.3 Å². The molecule has 25 heavy (non-hydrogen) atoms. The van der Waals surface area contributed by atoms with Gasteiger partial charge in [0.25, 0.3) is 0 Å². The van der Waals surface area contributed by atoms with Gasteiger partial charge in [0.1, 0.15) is 6.10 Å². The summed E-state index contributed by atoms with van der Waals surface area (Å²) in [4.78, 5) is 45.7. The van der Waals surface area contributed by atoms with Gasteiger partial charge in [-0.3, -0.25) is 19.2 Å². The third-order valence-corrected chi connectivity index (χ3v) is 3.10. The van der Waals surface area contributed by atoms with Crippen LogP contribution in [-0.4, -0.2) is 54.6 Å². The van der Waals surface area contributed by atoms with Crippen LogP contribution < -0.4 is 0 Å². The van der Waals surface area contributed by atoms with E-state index in [0.717, 1.165) is 20.8 Å². The molecule has 0 aliphatic carbocycles. The second kappa shape index (κ2) is 9.16. The molecule has 5 atom stereocenters. The molecule has 1 rings (SSSR count). The fraction of sp³-hybridized carbons (Fsp3) is 0.625. The van der Waals surface area contributed by atoms with Gasteiger partial charge >= 0.3 is 23.9 Å². The molecule has 0 saturated carbocycles. The number of hydrogen-bond acceptors (Lipinski definition) is 9. The molecule has 9 heteroatoms. The predicted octanol–water partition coefficient (Wildman–Crippen LogP) is 0.646. The number of rotatable bonds is 5. The number of ether oxygens (including phenoxy) is 5. The SMILES string of the molecule is C/C=C\[C@@H]1OC(OC(C)=O)[C@H](OC(C)=O)[C@H](OC(C)=O)[C@@H]1OC(C)=O. The normalized spacial score (nSPS) is 28.9. The predicted molar refractivity (Wildman–Crippen MR) is 81.9 cm³/mol. The summed E-state index contributed by atoms with van der Waals surface area (Å²) in [6.07, 6.45) is -2.64. The monoisotopic (exact) mass is 358 g/mol. The van der Waals surface area contributed by atoms with Gasteiger partial charge in [-0.15, -0.1) is 0 Å². The molecular weight excluding hydrogens is 336 g/mol. The average molecular weight is 358 g/mol. The second-order valence-corrected chi connectivity index (χ2v) is 5.33. The number of carbonyl (C=O) groups excluding carboxylic acids is 4. The molecule has 1 unspecified atom stereocenters. The Morgan fingerprint density at radius 3 is 1.60 bits per heavy atom. The number of hydrogen-bond donors (Lipinski definition) is 0. The minimum Gasteiger partial charge on any atom is -0.455 e. The fourth-order valence-electron chi connectivity index (χ4n) is 2.41. The molecule has 140 valence electrons. The topological polar surface area (TPSA) is 114 Å². The van der Waals surface area contributed by atoms with Crippen LogP contribution in [0.25, 0.3) is 0 Å². The van der Waals surface area contributed by atoms with Gasteiger partial charge in [-0.1, -0.05) is 12.2 Å². The largest absolute Gasteiger partial charge is 0.455 e. The highest BCUT2D eigenvalue weighted by atomic mass is 16.7. The lowest BCUT2D eigenvalue weighted by atomic mass is 9.97. The highest BCUT2D eigenvalue weighted by Gasteiger charge is 2.52. The first-order valence-corrected chi connectivity index (χ1v) is 7.62. The van der Waals surface area contributed by atoms with Crippen LogP contribution in [0.2, 0.25) is 0 Å². The van der Waals surface area contributed by atoms with Crippen LogP contribution in [0.4, 0.5) is 0 Å². The van der Waals surface area contributed by atoms with E-state index < -0.39 is 54.6 Å². The van der Waals surface area contributed by atoms with E-state index in [-0.39, 0.29) is 0 Å². The number of carbonyl (C=O) groups is 4. The first kappa shape index (κ1) is 20.6. The Kier molecular flexibility index (Phi) is 7.56. The van der Waals surface area contributed by atoms with E-state index in [1.165, 1.54) is 6.92 Å². The van der Waals surface area contributed by atoms with Gasteiger partial charge in [0.2, 0.25) is 12.4 Å². The van der Waals surface area contributed by atoms with Crippen molar-refractivity contribution in [1.29, 1.82) is 0 Å². The van der Waals surface area contributed by atoms with Crippen LogP contribution in [0.5, 0.6) is 0 Å². The van der Waals surface area contributed by atoms with Gasteiger partial charge in [0, 0.05) is 27.7 Å². The Balaban J connectivity index is 3.30. The van der Waals surface area contributed by atoms with Crippen LogP contribution in [0.1, 0.15) is 34.6 Å². The van der Waals surface area contributed by atoms with E-state index in [2.05, 4.69) is 0 Å². The summed E-state index contributed by atoms with van der Waals surface area (Å²) in [6.45, 7) is 6.31. The minimum atomic E-state index is -1.33. The Bertz CT molecular complexity index is 554.